The first-order valence-corrected chi connectivity index (χ1v) is 15.4. The fourth-order valence-corrected chi connectivity index (χ4v) is 6.49. The summed E-state index contributed by atoms with van der Waals surface area (Å²) in [7, 11) is 0. The molecule has 1 aliphatic heterocycles. The van der Waals surface area contributed by atoms with Crippen molar-refractivity contribution in [2.75, 3.05) is 11.5 Å². The van der Waals surface area contributed by atoms with Crippen molar-refractivity contribution < 1.29 is 23.9 Å². The van der Waals surface area contributed by atoms with Crippen LogP contribution in [-0.2, 0) is 14.3 Å². The number of Topliss-reactive ketones (excluding diaryl/α,β-unsaturated/α-hetero) is 1. The third-order valence-electron chi connectivity index (χ3n) is 8.54. The van der Waals surface area contributed by atoms with E-state index in [-0.39, 0.29) is 35.0 Å². The summed E-state index contributed by atoms with van der Waals surface area (Å²) in [6.07, 6.45) is 5.05. The number of aromatic nitrogens is 1. The van der Waals surface area contributed by atoms with Crippen molar-refractivity contribution in [2.24, 2.45) is 11.8 Å². The highest BCUT2D eigenvalue weighted by Gasteiger charge is 2.47. The molecule has 3 aromatic carbocycles. The van der Waals surface area contributed by atoms with Gasteiger partial charge in [0.05, 0.1) is 39.3 Å². The lowest BCUT2D eigenvalue weighted by Crippen LogP contribution is -2.30. The summed E-state index contributed by atoms with van der Waals surface area (Å²) in [5.74, 6) is -1.99. The molecule has 4 aromatic rings. The van der Waals surface area contributed by atoms with Crippen LogP contribution in [0.25, 0.3) is 22.2 Å². The van der Waals surface area contributed by atoms with E-state index < -0.39 is 12.6 Å². The minimum Gasteiger partial charge on any atom is -0.454 e. The molecule has 1 saturated heterocycles. The number of halogens is 2. The van der Waals surface area contributed by atoms with Gasteiger partial charge in [0.25, 0.3) is 0 Å². The van der Waals surface area contributed by atoms with Crippen LogP contribution >= 0.6 is 27.5 Å². The van der Waals surface area contributed by atoms with E-state index >= 15 is 0 Å². The van der Waals surface area contributed by atoms with Gasteiger partial charge in [0, 0.05) is 21.0 Å². The Bertz CT molecular complexity index is 1890. The highest BCUT2D eigenvalue weighted by atomic mass is 79.9. The van der Waals surface area contributed by atoms with Gasteiger partial charge in [-0.3, -0.25) is 19.3 Å². The monoisotopic (exact) mass is 670 g/mol. The van der Waals surface area contributed by atoms with E-state index in [1.807, 2.05) is 39.0 Å². The molecule has 44 heavy (non-hydrogen) atoms. The lowest BCUT2D eigenvalue weighted by atomic mass is 9.85. The Balaban J connectivity index is 1.33. The molecule has 0 bridgehead atoms. The van der Waals surface area contributed by atoms with Crippen LogP contribution in [0.1, 0.15) is 50.2 Å². The maximum absolute atomic E-state index is 13.5. The number of rotatable bonds is 6. The Labute approximate surface area is 268 Å². The van der Waals surface area contributed by atoms with Crippen molar-refractivity contribution in [1.29, 1.82) is 0 Å². The maximum Gasteiger partial charge on any atom is 0.339 e. The van der Waals surface area contributed by atoms with Gasteiger partial charge in [0.15, 0.2) is 12.4 Å². The molecule has 222 valence electrons. The van der Waals surface area contributed by atoms with E-state index in [4.69, 9.17) is 21.3 Å². The number of hydrogen-bond donors (Lipinski definition) is 0. The van der Waals surface area contributed by atoms with E-state index in [2.05, 4.69) is 15.9 Å². The van der Waals surface area contributed by atoms with Gasteiger partial charge in [-0.15, -0.1) is 0 Å². The van der Waals surface area contributed by atoms with Gasteiger partial charge in [-0.05, 0) is 96.6 Å². The lowest BCUT2D eigenvalue weighted by molar-refractivity contribution is -0.122. The average Bonchev–Trinajstić information content (AvgIpc) is 3.28. The van der Waals surface area contributed by atoms with Gasteiger partial charge in [-0.2, -0.15) is 0 Å². The van der Waals surface area contributed by atoms with Crippen LogP contribution in [0.5, 0.6) is 0 Å². The maximum atomic E-state index is 13.5. The van der Waals surface area contributed by atoms with E-state index in [1.54, 1.807) is 48.5 Å². The second-order valence-corrected chi connectivity index (χ2v) is 12.5. The first kappa shape index (κ1) is 29.9. The lowest BCUT2D eigenvalue weighted by Gasteiger charge is -2.16. The second kappa shape index (κ2) is 11.7. The SMILES string of the molecule is Cc1ccc(C(=O)COC(=O)c2cc(-c3ccc(N4C(=O)C5CC=CCC5C4=O)cc3)nc3c(C)c(Cl)c(Br)cc23)cc1C. The summed E-state index contributed by atoms with van der Waals surface area (Å²) in [6, 6.07) is 15.6. The van der Waals surface area contributed by atoms with Gasteiger partial charge in [0.2, 0.25) is 11.8 Å². The number of allylic oxidation sites excluding steroid dienone is 2. The summed E-state index contributed by atoms with van der Waals surface area (Å²) in [6.45, 7) is 5.28. The van der Waals surface area contributed by atoms with Gasteiger partial charge < -0.3 is 4.74 Å². The fourth-order valence-electron chi connectivity index (χ4n) is 5.82. The number of carbonyl (C=O) groups is 4. The molecule has 0 N–H and O–H groups in total. The molecule has 1 aliphatic carbocycles. The molecule has 9 heteroatoms. The molecule has 0 saturated carbocycles. The summed E-state index contributed by atoms with van der Waals surface area (Å²) < 4.78 is 6.13. The Morgan fingerprint density at radius 1 is 0.932 bits per heavy atom. The Hall–Kier alpha value is -4.14. The number of amides is 2. The highest BCUT2D eigenvalue weighted by molar-refractivity contribution is 9.10. The third-order valence-corrected chi connectivity index (χ3v) is 9.88. The molecule has 6 rings (SSSR count). The Morgan fingerprint density at radius 3 is 2.23 bits per heavy atom. The number of ether oxygens (including phenoxy) is 1. The Morgan fingerprint density at radius 2 is 1.59 bits per heavy atom. The van der Waals surface area contributed by atoms with Crippen LogP contribution in [0, 0.1) is 32.6 Å². The normalized spacial score (nSPS) is 17.7. The van der Waals surface area contributed by atoms with E-state index in [9.17, 15) is 19.2 Å². The third kappa shape index (κ3) is 5.26. The van der Waals surface area contributed by atoms with Crippen LogP contribution in [0.4, 0.5) is 5.69 Å². The molecular weight excluding hydrogens is 644 g/mol. The quantitative estimate of drug-likeness (QED) is 0.0901. The topological polar surface area (TPSA) is 93.6 Å². The molecule has 1 fully saturated rings. The zero-order chi connectivity index (χ0) is 31.3. The number of fused-ring (bicyclic) bond motifs is 2. The van der Waals surface area contributed by atoms with Gasteiger partial charge in [-0.1, -0.05) is 48.0 Å². The predicted octanol–water partition coefficient (Wildman–Crippen LogP) is 7.74. The van der Waals surface area contributed by atoms with E-state index in [1.165, 1.54) is 4.90 Å². The largest absolute Gasteiger partial charge is 0.454 e. The summed E-state index contributed by atoms with van der Waals surface area (Å²) in [5, 5.41) is 0.982. The summed E-state index contributed by atoms with van der Waals surface area (Å²) >= 11 is 9.99. The minimum absolute atomic E-state index is 0.183. The van der Waals surface area contributed by atoms with Crippen molar-refractivity contribution in [1.82, 2.24) is 4.98 Å². The number of pyridine rings is 1. The average molecular weight is 672 g/mol. The van der Waals surface area contributed by atoms with Crippen LogP contribution in [0.2, 0.25) is 5.02 Å². The van der Waals surface area contributed by atoms with Crippen molar-refractivity contribution in [3.05, 3.63) is 104 Å². The molecule has 2 amide bonds. The molecule has 1 aromatic heterocycles. The Kier molecular flexibility index (Phi) is 7.99. The number of ketones is 1. The second-order valence-electron chi connectivity index (χ2n) is 11.3. The van der Waals surface area contributed by atoms with Crippen molar-refractivity contribution >= 4 is 67.7 Å². The first-order valence-electron chi connectivity index (χ1n) is 14.2. The fraction of sp³-hybridized carbons (Fsp3) is 0.229. The van der Waals surface area contributed by atoms with Gasteiger partial charge >= 0.3 is 5.97 Å². The van der Waals surface area contributed by atoms with E-state index in [0.29, 0.717) is 61.3 Å². The van der Waals surface area contributed by atoms with Gasteiger partial charge in [0.1, 0.15) is 0 Å². The number of nitrogens with zero attached hydrogens (tertiary/aromatic N) is 2. The highest BCUT2D eigenvalue weighted by Crippen LogP contribution is 2.39. The molecule has 0 radical (unpaired) electrons. The smallest absolute Gasteiger partial charge is 0.339 e. The van der Waals surface area contributed by atoms with Crippen molar-refractivity contribution in [2.45, 2.75) is 33.6 Å². The number of esters is 1. The van der Waals surface area contributed by atoms with E-state index in [0.717, 1.165) is 11.1 Å². The predicted molar refractivity (Wildman–Crippen MR) is 173 cm³/mol. The van der Waals surface area contributed by atoms with Crippen LogP contribution in [-0.4, -0.2) is 35.2 Å². The molecule has 2 unspecified atom stereocenters. The van der Waals surface area contributed by atoms with Gasteiger partial charge in [-0.25, -0.2) is 9.78 Å². The molecule has 2 aliphatic rings. The summed E-state index contributed by atoms with van der Waals surface area (Å²) in [5.41, 5.74) is 5.53. The van der Waals surface area contributed by atoms with Crippen LogP contribution in [0.3, 0.4) is 0 Å². The molecule has 7 nitrogen and oxygen atoms in total. The standard InChI is InChI=1S/C35H28BrClN2O5/c1-18-8-9-22(14-19(18)2)30(40)17-44-35(43)27-16-29(38-32-20(3)31(37)28(36)15-26(27)32)21-10-12-23(13-11-21)39-33(41)24-6-4-5-7-25(24)34(39)42/h4-5,8-16,24-25H,6-7,17H2,1-3H3. The number of aryl methyl sites for hydroxylation is 3. The number of carbonyl (C=O) groups excluding carboxylic acids is 4. The zero-order valence-corrected chi connectivity index (χ0v) is 26.7. The van der Waals surface area contributed by atoms with Crippen LogP contribution < -0.4 is 4.90 Å². The van der Waals surface area contributed by atoms with Crippen molar-refractivity contribution in [3.8, 4) is 11.3 Å². The number of hydrogen-bond acceptors (Lipinski definition) is 6. The zero-order valence-electron chi connectivity index (χ0n) is 24.3. The number of imide groups is 1. The minimum atomic E-state index is -0.675. The number of benzene rings is 3. The molecular formula is C35H28BrClN2O5. The van der Waals surface area contributed by atoms with Crippen molar-refractivity contribution in [3.63, 3.8) is 0 Å². The summed E-state index contributed by atoms with van der Waals surface area (Å²) in [4.78, 5) is 58.6. The molecule has 2 heterocycles. The van der Waals surface area contributed by atoms with Crippen LogP contribution in [0.15, 0.2) is 71.2 Å². The molecule has 2 atom stereocenters. The number of anilines is 1. The first-order chi connectivity index (χ1) is 21.0. The molecule has 0 spiro atoms.